The molecule has 0 aromatic rings. The van der Waals surface area contributed by atoms with E-state index >= 15 is 0 Å². The molecule has 1 atom stereocenters. The minimum atomic E-state index is -1.07. The molecule has 0 aliphatic carbocycles. The monoisotopic (exact) mass is 291 g/mol. The summed E-state index contributed by atoms with van der Waals surface area (Å²) in [6.07, 6.45) is 0.229. The fraction of sp³-hybridized carbons (Fsp3) is 0.833. The second-order valence-electron chi connectivity index (χ2n) is 4.37. The summed E-state index contributed by atoms with van der Waals surface area (Å²) in [5, 5.41) is 13.9. The highest BCUT2D eigenvalue weighted by Gasteiger charge is 2.19. The number of rotatable bonds is 11. The Morgan fingerprint density at radius 2 is 1.85 bits per heavy atom. The fourth-order valence-electron chi connectivity index (χ4n) is 1.42. The zero-order valence-corrected chi connectivity index (χ0v) is 12.3. The quantitative estimate of drug-likeness (QED) is 0.468. The summed E-state index contributed by atoms with van der Waals surface area (Å²) in [6.45, 7) is 2.76. The summed E-state index contributed by atoms with van der Waals surface area (Å²) in [5.74, 6) is -1.07. The van der Waals surface area contributed by atoms with Crippen molar-refractivity contribution in [2.45, 2.75) is 12.5 Å². The average molecular weight is 291 g/mol. The van der Waals surface area contributed by atoms with Crippen LogP contribution in [0.3, 0.4) is 0 Å². The van der Waals surface area contributed by atoms with E-state index in [0.29, 0.717) is 19.7 Å². The zero-order chi connectivity index (χ0) is 15.4. The molecule has 2 amide bonds. The summed E-state index contributed by atoms with van der Waals surface area (Å²) < 4.78 is 9.74. The van der Waals surface area contributed by atoms with Crippen LogP contribution in [-0.2, 0) is 14.3 Å². The molecule has 0 radical (unpaired) electrons. The van der Waals surface area contributed by atoms with Gasteiger partial charge in [0.15, 0.2) is 0 Å². The van der Waals surface area contributed by atoms with Crippen LogP contribution < -0.4 is 10.6 Å². The molecule has 0 saturated carbocycles. The van der Waals surface area contributed by atoms with Gasteiger partial charge in [0, 0.05) is 46.9 Å². The second kappa shape index (κ2) is 11.4. The molecule has 0 heterocycles. The van der Waals surface area contributed by atoms with Crippen molar-refractivity contribution in [3.05, 3.63) is 0 Å². The van der Waals surface area contributed by atoms with Crippen LogP contribution in [0.15, 0.2) is 0 Å². The first-order valence-corrected chi connectivity index (χ1v) is 6.44. The number of likely N-dealkylation sites (N-methyl/N-ethyl adjacent to an activating group) is 1. The summed E-state index contributed by atoms with van der Waals surface area (Å²) in [7, 11) is 5.03. The minimum Gasteiger partial charge on any atom is -0.480 e. The van der Waals surface area contributed by atoms with E-state index in [0.717, 1.165) is 6.54 Å². The third-order valence-electron chi connectivity index (χ3n) is 2.67. The van der Waals surface area contributed by atoms with Crippen molar-refractivity contribution >= 4 is 12.0 Å². The van der Waals surface area contributed by atoms with Crippen LogP contribution in [0.4, 0.5) is 4.79 Å². The zero-order valence-electron chi connectivity index (χ0n) is 12.3. The Balaban J connectivity index is 3.87. The van der Waals surface area contributed by atoms with Gasteiger partial charge in [-0.15, -0.1) is 0 Å². The van der Waals surface area contributed by atoms with E-state index in [-0.39, 0.29) is 13.0 Å². The smallest absolute Gasteiger partial charge is 0.326 e. The number of hydrogen-bond donors (Lipinski definition) is 3. The van der Waals surface area contributed by atoms with Crippen LogP contribution in [0.2, 0.25) is 0 Å². The molecule has 0 aliphatic rings. The normalized spacial score (nSPS) is 12.2. The first-order chi connectivity index (χ1) is 9.51. The van der Waals surface area contributed by atoms with E-state index in [4.69, 9.17) is 14.6 Å². The number of carbonyl (C=O) groups excluding carboxylic acids is 1. The number of hydrogen-bond acceptors (Lipinski definition) is 5. The molecule has 20 heavy (non-hydrogen) atoms. The van der Waals surface area contributed by atoms with Crippen LogP contribution in [0.25, 0.3) is 0 Å². The third kappa shape index (κ3) is 9.54. The lowest BCUT2D eigenvalue weighted by Gasteiger charge is -2.18. The molecule has 3 N–H and O–H groups in total. The molecular formula is C12H25N3O5. The highest BCUT2D eigenvalue weighted by molar-refractivity contribution is 5.82. The molecule has 118 valence electrons. The van der Waals surface area contributed by atoms with Crippen molar-refractivity contribution < 1.29 is 24.2 Å². The number of nitrogens with one attached hydrogen (secondary N) is 2. The van der Waals surface area contributed by atoms with Crippen molar-refractivity contribution in [2.75, 3.05) is 54.1 Å². The van der Waals surface area contributed by atoms with Crippen molar-refractivity contribution in [1.29, 1.82) is 0 Å². The SMILES string of the molecule is COCCC(NC(=O)NCCN(C)CCOC)C(=O)O. The predicted molar refractivity (Wildman–Crippen MR) is 73.8 cm³/mol. The van der Waals surface area contributed by atoms with E-state index in [1.54, 1.807) is 7.11 Å². The van der Waals surface area contributed by atoms with Gasteiger partial charge in [-0.3, -0.25) is 0 Å². The van der Waals surface area contributed by atoms with Gasteiger partial charge in [0.05, 0.1) is 6.61 Å². The van der Waals surface area contributed by atoms with Crippen molar-refractivity contribution in [2.24, 2.45) is 0 Å². The fourth-order valence-corrected chi connectivity index (χ4v) is 1.42. The molecule has 0 fully saturated rings. The molecule has 0 rings (SSSR count). The highest BCUT2D eigenvalue weighted by atomic mass is 16.5. The number of carboxylic acids is 1. The number of aliphatic carboxylic acids is 1. The maximum atomic E-state index is 11.5. The van der Waals surface area contributed by atoms with E-state index in [1.165, 1.54) is 7.11 Å². The Bertz CT molecular complexity index is 288. The van der Waals surface area contributed by atoms with Crippen LogP contribution in [0.5, 0.6) is 0 Å². The van der Waals surface area contributed by atoms with E-state index in [9.17, 15) is 9.59 Å². The molecule has 0 spiro atoms. The second-order valence-corrected chi connectivity index (χ2v) is 4.37. The standard InChI is InChI=1S/C12H25N3O5/c1-15(7-9-20-3)6-5-13-12(18)14-10(11(16)17)4-8-19-2/h10H,4-9H2,1-3H3,(H,16,17)(H2,13,14,18). The lowest BCUT2D eigenvalue weighted by Crippen LogP contribution is -2.47. The molecule has 0 aromatic heterocycles. The Morgan fingerprint density at radius 3 is 2.40 bits per heavy atom. The topological polar surface area (TPSA) is 100 Å². The van der Waals surface area contributed by atoms with Gasteiger partial charge < -0.3 is 30.1 Å². The maximum absolute atomic E-state index is 11.5. The average Bonchev–Trinajstić information content (AvgIpc) is 2.40. The van der Waals surface area contributed by atoms with Crippen LogP contribution in [-0.4, -0.2) is 82.2 Å². The van der Waals surface area contributed by atoms with Crippen LogP contribution >= 0.6 is 0 Å². The molecule has 0 aliphatic heterocycles. The molecule has 0 aromatic carbocycles. The van der Waals surface area contributed by atoms with E-state index < -0.39 is 18.0 Å². The van der Waals surface area contributed by atoms with Gasteiger partial charge in [-0.05, 0) is 7.05 Å². The molecule has 8 nitrogen and oxygen atoms in total. The molecule has 0 saturated heterocycles. The summed E-state index contributed by atoms with van der Waals surface area (Å²) >= 11 is 0. The Labute approximate surface area is 119 Å². The Hall–Kier alpha value is -1.38. The lowest BCUT2D eigenvalue weighted by atomic mass is 10.2. The van der Waals surface area contributed by atoms with E-state index in [2.05, 4.69) is 10.6 Å². The minimum absolute atomic E-state index is 0.229. The predicted octanol–water partition coefficient (Wildman–Crippen LogP) is -0.646. The number of carboxylic acid groups (broad SMARTS) is 1. The van der Waals surface area contributed by atoms with Gasteiger partial charge in [-0.1, -0.05) is 0 Å². The first kappa shape index (κ1) is 18.6. The lowest BCUT2D eigenvalue weighted by molar-refractivity contribution is -0.139. The Kier molecular flexibility index (Phi) is 10.7. The van der Waals surface area contributed by atoms with Gasteiger partial charge in [-0.25, -0.2) is 9.59 Å². The number of carbonyl (C=O) groups is 2. The van der Waals surface area contributed by atoms with Gasteiger partial charge >= 0.3 is 12.0 Å². The molecule has 1 unspecified atom stereocenters. The highest BCUT2D eigenvalue weighted by Crippen LogP contribution is 1.93. The van der Waals surface area contributed by atoms with Crippen LogP contribution in [0.1, 0.15) is 6.42 Å². The number of nitrogens with zero attached hydrogens (tertiary/aromatic N) is 1. The van der Waals surface area contributed by atoms with Gasteiger partial charge in [-0.2, -0.15) is 0 Å². The summed E-state index contributed by atoms with van der Waals surface area (Å²) in [6, 6.07) is -1.44. The largest absolute Gasteiger partial charge is 0.480 e. The molecular weight excluding hydrogens is 266 g/mol. The maximum Gasteiger partial charge on any atom is 0.326 e. The van der Waals surface area contributed by atoms with Crippen LogP contribution in [0, 0.1) is 0 Å². The summed E-state index contributed by atoms with van der Waals surface area (Å²) in [5.41, 5.74) is 0. The molecule has 0 bridgehead atoms. The summed E-state index contributed by atoms with van der Waals surface area (Å²) in [4.78, 5) is 24.5. The molecule has 8 heteroatoms. The number of methoxy groups -OCH3 is 2. The number of urea groups is 1. The van der Waals surface area contributed by atoms with Gasteiger partial charge in [0.1, 0.15) is 6.04 Å². The number of ether oxygens (including phenoxy) is 2. The third-order valence-corrected chi connectivity index (χ3v) is 2.67. The Morgan fingerprint density at radius 1 is 1.20 bits per heavy atom. The van der Waals surface area contributed by atoms with E-state index in [1.807, 2.05) is 11.9 Å². The van der Waals surface area contributed by atoms with Crippen molar-refractivity contribution in [3.8, 4) is 0 Å². The van der Waals surface area contributed by atoms with Crippen molar-refractivity contribution in [3.63, 3.8) is 0 Å². The van der Waals surface area contributed by atoms with Crippen molar-refractivity contribution in [1.82, 2.24) is 15.5 Å². The van der Waals surface area contributed by atoms with Gasteiger partial charge in [0.25, 0.3) is 0 Å². The number of amides is 2. The first-order valence-electron chi connectivity index (χ1n) is 6.44. The van der Waals surface area contributed by atoms with Gasteiger partial charge in [0.2, 0.25) is 0 Å².